The summed E-state index contributed by atoms with van der Waals surface area (Å²) in [7, 11) is 0. The van der Waals surface area contributed by atoms with Crippen molar-refractivity contribution in [2.75, 3.05) is 0 Å². The smallest absolute Gasteiger partial charge is 0.216 e. The van der Waals surface area contributed by atoms with Crippen LogP contribution in [0.2, 0.25) is 0 Å². The highest BCUT2D eigenvalue weighted by atomic mass is 16.1. The van der Waals surface area contributed by atoms with Crippen LogP contribution in [0, 0.1) is 6.92 Å². The Hall–Kier alpha value is -2.04. The average molecular weight is 216 g/mol. The van der Waals surface area contributed by atoms with Crippen LogP contribution in [0.3, 0.4) is 0 Å². The summed E-state index contributed by atoms with van der Waals surface area (Å²) in [6, 6.07) is 0. The first kappa shape index (κ1) is 10.5. The topological polar surface area (TPSA) is 60.7 Å². The molecule has 2 aromatic heterocycles. The van der Waals surface area contributed by atoms with E-state index in [1.807, 2.05) is 13.8 Å². The van der Waals surface area contributed by atoms with Gasteiger partial charge in [0.25, 0.3) is 0 Å². The van der Waals surface area contributed by atoms with E-state index >= 15 is 0 Å². The third-order valence-electron chi connectivity index (χ3n) is 2.23. The fourth-order valence-corrected chi connectivity index (χ4v) is 1.31. The van der Waals surface area contributed by atoms with Crippen molar-refractivity contribution in [1.29, 1.82) is 0 Å². The molecule has 2 heterocycles. The van der Waals surface area contributed by atoms with Gasteiger partial charge in [-0.2, -0.15) is 5.10 Å². The zero-order valence-corrected chi connectivity index (χ0v) is 9.21. The molecule has 0 N–H and O–H groups in total. The van der Waals surface area contributed by atoms with E-state index in [9.17, 15) is 4.79 Å². The predicted molar refractivity (Wildman–Crippen MR) is 58.1 cm³/mol. The minimum Gasteiger partial charge on any atom is -0.287 e. The second kappa shape index (κ2) is 4.22. The van der Waals surface area contributed by atoms with Crippen molar-refractivity contribution in [3.8, 4) is 0 Å². The summed E-state index contributed by atoms with van der Waals surface area (Å²) in [4.78, 5) is 20.0. The Labute approximate surface area is 93.2 Å². The lowest BCUT2D eigenvalue weighted by molar-refractivity contribution is 0.103. The van der Waals surface area contributed by atoms with E-state index in [-0.39, 0.29) is 5.78 Å². The van der Waals surface area contributed by atoms with Crippen molar-refractivity contribution < 1.29 is 4.79 Å². The zero-order chi connectivity index (χ0) is 11.5. The maximum absolute atomic E-state index is 11.9. The predicted octanol–water partition coefficient (Wildman–Crippen LogP) is 1.23. The van der Waals surface area contributed by atoms with Crippen LogP contribution in [0.5, 0.6) is 0 Å². The van der Waals surface area contributed by atoms with E-state index in [0.29, 0.717) is 11.3 Å². The number of rotatable bonds is 3. The van der Waals surface area contributed by atoms with Crippen molar-refractivity contribution in [3.05, 3.63) is 41.7 Å². The number of hydrogen-bond donors (Lipinski definition) is 0. The van der Waals surface area contributed by atoms with E-state index in [1.165, 1.54) is 6.20 Å². The monoisotopic (exact) mass is 216 g/mol. The standard InChI is InChI=1S/C11H12N4O/c1-3-15-7-9(5-14-15)11(16)10-6-12-8(2)4-13-10/h4-7H,3H2,1-2H3. The summed E-state index contributed by atoms with van der Waals surface area (Å²) in [5.74, 6) is -0.146. The first-order valence-electron chi connectivity index (χ1n) is 5.06. The molecule has 82 valence electrons. The van der Waals surface area contributed by atoms with Crippen LogP contribution in [0.4, 0.5) is 0 Å². The van der Waals surface area contributed by atoms with Gasteiger partial charge in [0.2, 0.25) is 5.78 Å². The molecule has 0 bridgehead atoms. The van der Waals surface area contributed by atoms with Crippen LogP contribution < -0.4 is 0 Å². The SMILES string of the molecule is CCn1cc(C(=O)c2cnc(C)cn2)cn1. The summed E-state index contributed by atoms with van der Waals surface area (Å²) < 4.78 is 1.70. The van der Waals surface area contributed by atoms with Crippen LogP contribution >= 0.6 is 0 Å². The summed E-state index contributed by atoms with van der Waals surface area (Å²) in [6.45, 7) is 4.54. The van der Waals surface area contributed by atoms with Crippen molar-refractivity contribution in [1.82, 2.24) is 19.7 Å². The second-order valence-corrected chi connectivity index (χ2v) is 3.46. The van der Waals surface area contributed by atoms with Crippen LogP contribution in [0.1, 0.15) is 28.7 Å². The minimum absolute atomic E-state index is 0.146. The van der Waals surface area contributed by atoms with E-state index in [2.05, 4.69) is 15.1 Å². The number of aryl methyl sites for hydroxylation is 2. The van der Waals surface area contributed by atoms with Crippen LogP contribution in [-0.4, -0.2) is 25.5 Å². The summed E-state index contributed by atoms with van der Waals surface area (Å²) in [5.41, 5.74) is 1.68. The van der Waals surface area contributed by atoms with E-state index in [1.54, 1.807) is 23.3 Å². The van der Waals surface area contributed by atoms with Crippen LogP contribution in [0.25, 0.3) is 0 Å². The van der Waals surface area contributed by atoms with E-state index in [4.69, 9.17) is 0 Å². The molecule has 0 radical (unpaired) electrons. The lowest BCUT2D eigenvalue weighted by Crippen LogP contribution is -2.04. The molecule has 2 rings (SSSR count). The normalized spacial score (nSPS) is 10.4. The van der Waals surface area contributed by atoms with Crippen molar-refractivity contribution in [3.63, 3.8) is 0 Å². The second-order valence-electron chi connectivity index (χ2n) is 3.46. The number of ketones is 1. The quantitative estimate of drug-likeness (QED) is 0.724. The lowest BCUT2D eigenvalue weighted by atomic mass is 10.2. The molecular formula is C11H12N4O. The molecule has 0 saturated heterocycles. The maximum atomic E-state index is 11.9. The van der Waals surface area contributed by atoms with Gasteiger partial charge in [0.05, 0.1) is 23.7 Å². The Morgan fingerprint density at radius 1 is 1.31 bits per heavy atom. The van der Waals surface area contributed by atoms with Gasteiger partial charge >= 0.3 is 0 Å². The summed E-state index contributed by atoms with van der Waals surface area (Å²) in [6.07, 6.45) is 6.33. The number of hydrogen-bond acceptors (Lipinski definition) is 4. The molecule has 0 saturated carbocycles. The largest absolute Gasteiger partial charge is 0.287 e. The third kappa shape index (κ3) is 1.98. The Morgan fingerprint density at radius 3 is 2.69 bits per heavy atom. The molecular weight excluding hydrogens is 204 g/mol. The van der Waals surface area contributed by atoms with Gasteiger partial charge in [-0.3, -0.25) is 14.5 Å². The molecule has 16 heavy (non-hydrogen) atoms. The van der Waals surface area contributed by atoms with Gasteiger partial charge in [-0.25, -0.2) is 4.98 Å². The third-order valence-corrected chi connectivity index (χ3v) is 2.23. The number of aromatic nitrogens is 4. The first-order chi connectivity index (χ1) is 7.70. The minimum atomic E-state index is -0.146. The maximum Gasteiger partial charge on any atom is 0.216 e. The molecule has 5 heteroatoms. The van der Waals surface area contributed by atoms with Crippen molar-refractivity contribution >= 4 is 5.78 Å². The summed E-state index contributed by atoms with van der Waals surface area (Å²) in [5, 5.41) is 4.05. The molecule has 0 fully saturated rings. The van der Waals surface area contributed by atoms with Gasteiger partial charge in [0.1, 0.15) is 5.69 Å². The highest BCUT2D eigenvalue weighted by Gasteiger charge is 2.12. The average Bonchev–Trinajstić information content (AvgIpc) is 2.77. The molecule has 0 spiro atoms. The van der Waals surface area contributed by atoms with E-state index in [0.717, 1.165) is 12.2 Å². The lowest BCUT2D eigenvalue weighted by Gasteiger charge is -1.96. The zero-order valence-electron chi connectivity index (χ0n) is 9.21. The van der Waals surface area contributed by atoms with Crippen molar-refractivity contribution in [2.45, 2.75) is 20.4 Å². The molecule has 5 nitrogen and oxygen atoms in total. The molecule has 0 atom stereocenters. The van der Waals surface area contributed by atoms with Gasteiger partial charge < -0.3 is 0 Å². The van der Waals surface area contributed by atoms with Crippen LogP contribution in [0.15, 0.2) is 24.8 Å². The Balaban J connectivity index is 2.28. The van der Waals surface area contributed by atoms with Gasteiger partial charge in [0, 0.05) is 18.9 Å². The molecule has 2 aromatic rings. The van der Waals surface area contributed by atoms with Crippen LogP contribution in [-0.2, 0) is 6.54 Å². The molecule has 0 aromatic carbocycles. The molecule has 0 unspecified atom stereocenters. The van der Waals surface area contributed by atoms with Gasteiger partial charge in [-0.15, -0.1) is 0 Å². The Morgan fingerprint density at radius 2 is 2.12 bits per heavy atom. The highest BCUT2D eigenvalue weighted by molar-refractivity contribution is 6.07. The van der Waals surface area contributed by atoms with Gasteiger partial charge in [0.15, 0.2) is 0 Å². The van der Waals surface area contributed by atoms with Crippen molar-refractivity contribution in [2.24, 2.45) is 0 Å². The first-order valence-corrected chi connectivity index (χ1v) is 5.06. The number of carbonyl (C=O) groups excluding carboxylic acids is 1. The highest BCUT2D eigenvalue weighted by Crippen LogP contribution is 2.06. The summed E-state index contributed by atoms with van der Waals surface area (Å²) >= 11 is 0. The van der Waals surface area contributed by atoms with Gasteiger partial charge in [-0.1, -0.05) is 0 Å². The fourth-order valence-electron chi connectivity index (χ4n) is 1.31. The number of nitrogens with zero attached hydrogens (tertiary/aromatic N) is 4. The Bertz CT molecular complexity index is 501. The molecule has 0 aliphatic carbocycles. The molecule has 0 amide bonds. The fraction of sp³-hybridized carbons (Fsp3) is 0.273. The van der Waals surface area contributed by atoms with Gasteiger partial charge in [-0.05, 0) is 13.8 Å². The Kier molecular flexibility index (Phi) is 2.76. The molecule has 0 aliphatic rings. The molecule has 0 aliphatic heterocycles. The number of carbonyl (C=O) groups is 1. The van der Waals surface area contributed by atoms with E-state index < -0.39 is 0 Å².